The molecule has 1 aliphatic rings. The fourth-order valence-electron chi connectivity index (χ4n) is 6.23. The summed E-state index contributed by atoms with van der Waals surface area (Å²) >= 11 is 0. The van der Waals surface area contributed by atoms with Gasteiger partial charge in [0.1, 0.15) is 0 Å². The molecule has 4 aromatic carbocycles. The number of hydrogen-bond acceptors (Lipinski definition) is 3. The van der Waals surface area contributed by atoms with Crippen LogP contribution in [0.5, 0.6) is 0 Å². The van der Waals surface area contributed by atoms with Gasteiger partial charge in [0, 0.05) is 33.6 Å². The van der Waals surface area contributed by atoms with E-state index < -0.39 is 8.07 Å². The summed E-state index contributed by atoms with van der Waals surface area (Å²) in [6, 6.07) is 52.0. The van der Waals surface area contributed by atoms with Crippen molar-refractivity contribution in [1.82, 2.24) is 20.2 Å². The Kier molecular flexibility index (Phi) is 9.67. The molecule has 48 heavy (non-hydrogen) atoms. The summed E-state index contributed by atoms with van der Waals surface area (Å²) in [5.41, 5.74) is 7.14. The van der Waals surface area contributed by atoms with Gasteiger partial charge in [-0.15, -0.1) is 11.4 Å². The number of pyridine rings is 2. The average molecular weight is 821 g/mol. The second kappa shape index (κ2) is 14.1. The Labute approximate surface area is 297 Å². The van der Waals surface area contributed by atoms with Crippen molar-refractivity contribution in [2.75, 3.05) is 0 Å². The maximum absolute atomic E-state index is 5.29. The van der Waals surface area contributed by atoms with Gasteiger partial charge in [-0.25, -0.2) is 0 Å². The third kappa shape index (κ3) is 6.34. The fraction of sp³-hybridized carbons (Fsp3) is 0.0976. The third-order valence-electron chi connectivity index (χ3n) is 8.48. The van der Waals surface area contributed by atoms with Gasteiger partial charge in [0.15, 0.2) is 0 Å². The van der Waals surface area contributed by atoms with Crippen LogP contribution in [0.3, 0.4) is 0 Å². The standard InChI is InChI=1S/C29H25N4Si.C12H10N.Pt/c1-29(2,3)26-19-23(32-33-26)22-13-10-17-28(31-22)34(27-16-8-9-18-30-27)24-14-6-4-11-20(24)21-12-5-7-15-25(21)34;1-3-7-11(8-4-1)13-12-9-5-2-6-10-12;/h4-19H,1-3H3;1-10H;/q2*-1;+2. The molecule has 3 aromatic heterocycles. The Morgan fingerprint density at radius 2 is 1.12 bits per heavy atom. The normalized spacial score (nSPS) is 12.5. The number of fused-ring (bicyclic) bond motifs is 3. The van der Waals surface area contributed by atoms with Gasteiger partial charge in [-0.2, -0.15) is 0 Å². The van der Waals surface area contributed by atoms with Gasteiger partial charge in [0.05, 0.1) is 0 Å². The Morgan fingerprint density at radius 3 is 1.67 bits per heavy atom. The van der Waals surface area contributed by atoms with Gasteiger partial charge in [-0.05, 0) is 45.8 Å². The van der Waals surface area contributed by atoms with E-state index in [9.17, 15) is 0 Å². The second-order valence-corrected chi connectivity index (χ2v) is 16.2. The molecule has 7 heteroatoms. The van der Waals surface area contributed by atoms with Crippen LogP contribution >= 0.6 is 0 Å². The number of rotatable bonds is 5. The second-order valence-electron chi connectivity index (χ2n) is 12.6. The van der Waals surface area contributed by atoms with Gasteiger partial charge < -0.3 is 15.5 Å². The molecule has 0 unspecified atom stereocenters. The SMILES string of the molecule is CC(C)(C)c1cc(-c2cccc([Si]3(c4ccccn4)c4ccccc4-c4ccccc43)n2)[n-]n1.[Pt+2].c1ccc([N-]c2ccccc2)cc1. The molecule has 0 aliphatic carbocycles. The zero-order valence-corrected chi connectivity index (χ0v) is 30.3. The summed E-state index contributed by atoms with van der Waals surface area (Å²) in [6.07, 6.45) is 1.90. The van der Waals surface area contributed by atoms with Crippen LogP contribution < -0.4 is 26.1 Å². The van der Waals surface area contributed by atoms with Crippen molar-refractivity contribution in [2.45, 2.75) is 26.2 Å². The predicted octanol–water partition coefficient (Wildman–Crippen LogP) is 7.17. The largest absolute Gasteiger partial charge is 2.00 e. The summed E-state index contributed by atoms with van der Waals surface area (Å²) in [7, 11) is -2.69. The van der Waals surface area contributed by atoms with Gasteiger partial charge in [0.25, 0.3) is 0 Å². The van der Waals surface area contributed by atoms with Crippen LogP contribution in [0.25, 0.3) is 27.8 Å². The molecule has 0 radical (unpaired) electrons. The van der Waals surface area contributed by atoms with E-state index in [0.29, 0.717) is 0 Å². The summed E-state index contributed by atoms with van der Waals surface area (Å²) in [5, 5.41) is 18.2. The molecule has 7 aromatic rings. The Morgan fingerprint density at radius 1 is 0.583 bits per heavy atom. The first-order chi connectivity index (χ1) is 22.9. The number of benzene rings is 4. The maximum atomic E-state index is 5.29. The minimum absolute atomic E-state index is 0. The summed E-state index contributed by atoms with van der Waals surface area (Å²) in [6.45, 7) is 6.46. The van der Waals surface area contributed by atoms with E-state index in [4.69, 9.17) is 9.97 Å². The van der Waals surface area contributed by atoms with Gasteiger partial charge in [-0.3, -0.25) is 9.97 Å². The van der Waals surface area contributed by atoms with Crippen molar-refractivity contribution in [3.63, 3.8) is 0 Å². The van der Waals surface area contributed by atoms with E-state index in [-0.39, 0.29) is 26.5 Å². The minimum atomic E-state index is -2.69. The van der Waals surface area contributed by atoms with Gasteiger partial charge in [-0.1, -0.05) is 154 Å². The quantitative estimate of drug-likeness (QED) is 0.173. The molecule has 0 saturated heterocycles. The van der Waals surface area contributed by atoms with Crippen LogP contribution in [0.4, 0.5) is 11.4 Å². The summed E-state index contributed by atoms with van der Waals surface area (Å²) in [4.78, 5) is 10.2. The molecule has 238 valence electrons. The molecule has 0 saturated carbocycles. The predicted molar refractivity (Wildman–Crippen MR) is 195 cm³/mol. The zero-order valence-electron chi connectivity index (χ0n) is 27.1. The van der Waals surface area contributed by atoms with Crippen molar-refractivity contribution in [3.05, 3.63) is 169 Å². The molecule has 4 heterocycles. The van der Waals surface area contributed by atoms with Crippen LogP contribution in [0.15, 0.2) is 158 Å². The summed E-state index contributed by atoms with van der Waals surface area (Å²) < 4.78 is 0. The van der Waals surface area contributed by atoms with Crippen LogP contribution in [-0.2, 0) is 26.5 Å². The van der Waals surface area contributed by atoms with E-state index in [2.05, 4.69) is 115 Å². The molecule has 8 rings (SSSR count). The molecular weight excluding hydrogens is 786 g/mol. The van der Waals surface area contributed by atoms with Crippen LogP contribution in [-0.4, -0.2) is 23.1 Å². The third-order valence-corrected chi connectivity index (χ3v) is 13.1. The van der Waals surface area contributed by atoms with Gasteiger partial charge >= 0.3 is 21.1 Å². The van der Waals surface area contributed by atoms with Crippen molar-refractivity contribution < 1.29 is 21.1 Å². The molecule has 5 nitrogen and oxygen atoms in total. The van der Waals surface area contributed by atoms with Crippen LogP contribution in [0, 0.1) is 0 Å². The van der Waals surface area contributed by atoms with Crippen molar-refractivity contribution in [3.8, 4) is 22.5 Å². The van der Waals surface area contributed by atoms with E-state index >= 15 is 0 Å². The molecule has 0 fully saturated rings. The molecule has 1 aliphatic heterocycles. The number of para-hydroxylation sites is 2. The molecular formula is C41H35N5PtSi. The number of hydrogen-bond donors (Lipinski definition) is 0. The molecule has 0 amide bonds. The van der Waals surface area contributed by atoms with Crippen molar-refractivity contribution in [2.24, 2.45) is 0 Å². The molecule has 0 N–H and O–H groups in total. The monoisotopic (exact) mass is 820 g/mol. The van der Waals surface area contributed by atoms with Crippen LogP contribution in [0.2, 0.25) is 0 Å². The maximum Gasteiger partial charge on any atom is 2.00 e. The zero-order chi connectivity index (χ0) is 32.3. The van der Waals surface area contributed by atoms with E-state index in [1.165, 1.54) is 21.5 Å². The van der Waals surface area contributed by atoms with E-state index in [1.807, 2.05) is 79.0 Å². The first-order valence-electron chi connectivity index (χ1n) is 15.9. The Balaban J connectivity index is 0.000000241. The van der Waals surface area contributed by atoms with E-state index in [0.717, 1.165) is 39.1 Å². The Hall–Kier alpha value is -4.90. The van der Waals surface area contributed by atoms with Crippen LogP contribution in [0.1, 0.15) is 26.5 Å². The Bertz CT molecular complexity index is 2030. The van der Waals surface area contributed by atoms with Gasteiger partial charge in [0.2, 0.25) is 8.07 Å². The molecule has 0 atom stereocenters. The fourth-order valence-corrected chi connectivity index (χ4v) is 11.1. The molecule has 0 spiro atoms. The van der Waals surface area contributed by atoms with E-state index in [1.54, 1.807) is 0 Å². The number of nitrogens with zero attached hydrogens (tertiary/aromatic N) is 5. The van der Waals surface area contributed by atoms with Crippen molar-refractivity contribution in [1.29, 1.82) is 0 Å². The number of aromatic nitrogens is 4. The van der Waals surface area contributed by atoms with Crippen molar-refractivity contribution >= 4 is 40.5 Å². The first kappa shape index (κ1) is 33.0. The topological polar surface area (TPSA) is 66.9 Å². The summed E-state index contributed by atoms with van der Waals surface area (Å²) in [5.74, 6) is 0. The average Bonchev–Trinajstić information content (AvgIpc) is 3.73. The smallest absolute Gasteiger partial charge is 0.658 e. The first-order valence-corrected chi connectivity index (χ1v) is 17.9. The molecule has 0 bridgehead atoms. The minimum Gasteiger partial charge on any atom is -0.658 e.